The first kappa shape index (κ1) is 17.0. The number of carbonyl (C=O) groups excluding carboxylic acids is 2. The number of ether oxygens (including phenoxy) is 1. The van der Waals surface area contributed by atoms with Crippen molar-refractivity contribution < 1.29 is 19.4 Å². The van der Waals surface area contributed by atoms with Gasteiger partial charge in [-0.2, -0.15) is 0 Å². The van der Waals surface area contributed by atoms with Gasteiger partial charge in [0.15, 0.2) is 5.75 Å². The monoisotopic (exact) mass is 357 g/mol. The van der Waals surface area contributed by atoms with Crippen molar-refractivity contribution in [3.8, 4) is 11.5 Å². The maximum absolute atomic E-state index is 13.0. The van der Waals surface area contributed by atoms with Gasteiger partial charge in [-0.15, -0.1) is 0 Å². The molecule has 3 aromatic rings. The SMILES string of the molecule is CC(=O)Oc1c(C)n(C(=O)c2ccc(Cl)cc2)c2ccc(O)c(C)c12. The lowest BCUT2D eigenvalue weighted by Gasteiger charge is -2.07. The van der Waals surface area contributed by atoms with Gasteiger partial charge in [0.2, 0.25) is 0 Å². The highest BCUT2D eigenvalue weighted by atomic mass is 35.5. The molecule has 25 heavy (non-hydrogen) atoms. The third-order valence-electron chi connectivity index (χ3n) is 4.09. The first-order valence-electron chi connectivity index (χ1n) is 7.63. The summed E-state index contributed by atoms with van der Waals surface area (Å²) in [6, 6.07) is 9.69. The zero-order chi connectivity index (χ0) is 18.3. The summed E-state index contributed by atoms with van der Waals surface area (Å²) >= 11 is 5.88. The number of benzene rings is 2. The predicted octanol–water partition coefficient (Wildman–Crippen LogP) is 4.23. The van der Waals surface area contributed by atoms with Crippen LogP contribution in [0.25, 0.3) is 10.9 Å². The van der Waals surface area contributed by atoms with Crippen LogP contribution in [0.4, 0.5) is 0 Å². The Kier molecular flexibility index (Phi) is 4.27. The zero-order valence-electron chi connectivity index (χ0n) is 14.0. The van der Waals surface area contributed by atoms with Gasteiger partial charge in [-0.05, 0) is 50.2 Å². The molecule has 0 aliphatic rings. The Labute approximate surface area is 149 Å². The van der Waals surface area contributed by atoms with Crippen LogP contribution in [-0.2, 0) is 4.79 Å². The number of aromatic hydroxyl groups is 1. The number of halogens is 1. The Morgan fingerprint density at radius 1 is 1.08 bits per heavy atom. The van der Waals surface area contributed by atoms with Gasteiger partial charge in [0.05, 0.1) is 11.2 Å². The maximum atomic E-state index is 13.0. The van der Waals surface area contributed by atoms with Gasteiger partial charge in [-0.3, -0.25) is 14.2 Å². The molecule has 0 atom stereocenters. The fraction of sp³-hybridized carbons (Fsp3) is 0.158. The second kappa shape index (κ2) is 6.26. The van der Waals surface area contributed by atoms with Crippen molar-refractivity contribution >= 4 is 34.4 Å². The molecule has 3 rings (SSSR count). The fourth-order valence-electron chi connectivity index (χ4n) is 2.87. The number of hydrogen-bond donors (Lipinski definition) is 1. The summed E-state index contributed by atoms with van der Waals surface area (Å²) in [5.41, 5.74) is 2.03. The third kappa shape index (κ3) is 2.87. The number of phenolic OH excluding ortho intramolecular Hbond substituents is 1. The Morgan fingerprint density at radius 3 is 2.32 bits per heavy atom. The van der Waals surface area contributed by atoms with Crippen molar-refractivity contribution in [2.45, 2.75) is 20.8 Å². The average Bonchev–Trinajstić information content (AvgIpc) is 2.83. The molecule has 6 heteroatoms. The van der Waals surface area contributed by atoms with E-state index in [0.29, 0.717) is 32.7 Å². The molecular weight excluding hydrogens is 342 g/mol. The number of hydrogen-bond acceptors (Lipinski definition) is 4. The predicted molar refractivity (Wildman–Crippen MR) is 95.6 cm³/mol. The van der Waals surface area contributed by atoms with Crippen molar-refractivity contribution in [3.63, 3.8) is 0 Å². The molecule has 0 amide bonds. The van der Waals surface area contributed by atoms with Crippen molar-refractivity contribution in [1.29, 1.82) is 0 Å². The molecule has 0 aliphatic heterocycles. The van der Waals surface area contributed by atoms with E-state index < -0.39 is 5.97 Å². The smallest absolute Gasteiger partial charge is 0.308 e. The molecule has 2 aromatic carbocycles. The van der Waals surface area contributed by atoms with Crippen molar-refractivity contribution in [3.05, 3.63) is 58.2 Å². The lowest BCUT2D eigenvalue weighted by atomic mass is 10.1. The number of phenols is 1. The van der Waals surface area contributed by atoms with E-state index in [2.05, 4.69) is 0 Å². The minimum atomic E-state index is -0.496. The molecule has 0 spiro atoms. The lowest BCUT2D eigenvalue weighted by molar-refractivity contribution is -0.131. The van der Waals surface area contributed by atoms with Crippen LogP contribution in [0.15, 0.2) is 36.4 Å². The summed E-state index contributed by atoms with van der Waals surface area (Å²) in [4.78, 5) is 24.5. The van der Waals surface area contributed by atoms with Crippen LogP contribution < -0.4 is 4.74 Å². The molecule has 0 saturated heterocycles. The molecule has 0 radical (unpaired) electrons. The van der Waals surface area contributed by atoms with E-state index in [1.165, 1.54) is 17.6 Å². The largest absolute Gasteiger partial charge is 0.508 e. The molecule has 0 bridgehead atoms. The Bertz CT molecular complexity index is 1000. The lowest BCUT2D eigenvalue weighted by Crippen LogP contribution is -2.13. The normalized spacial score (nSPS) is 10.9. The van der Waals surface area contributed by atoms with Crippen molar-refractivity contribution in [2.75, 3.05) is 0 Å². The van der Waals surface area contributed by atoms with Crippen LogP contribution in [0.2, 0.25) is 5.02 Å². The molecule has 0 unspecified atom stereocenters. The topological polar surface area (TPSA) is 68.5 Å². The van der Waals surface area contributed by atoms with Gasteiger partial charge in [0.25, 0.3) is 5.91 Å². The molecule has 0 fully saturated rings. The zero-order valence-corrected chi connectivity index (χ0v) is 14.7. The maximum Gasteiger partial charge on any atom is 0.308 e. The van der Waals surface area contributed by atoms with Crippen LogP contribution >= 0.6 is 11.6 Å². The summed E-state index contributed by atoms with van der Waals surface area (Å²) in [6.07, 6.45) is 0. The van der Waals surface area contributed by atoms with E-state index in [4.69, 9.17) is 16.3 Å². The van der Waals surface area contributed by atoms with Crippen LogP contribution in [0, 0.1) is 13.8 Å². The van der Waals surface area contributed by atoms with Gasteiger partial charge < -0.3 is 9.84 Å². The number of aromatic nitrogens is 1. The highest BCUT2D eigenvalue weighted by Gasteiger charge is 2.24. The van der Waals surface area contributed by atoms with Gasteiger partial charge in [-0.25, -0.2) is 0 Å². The molecule has 1 heterocycles. The standard InChI is InChI=1S/C19H16ClNO4/c1-10-16(23)9-8-15-17(10)18(25-12(3)22)11(2)21(15)19(24)13-4-6-14(20)7-5-13/h4-9,23H,1-3H3. The summed E-state index contributed by atoms with van der Waals surface area (Å²) in [6.45, 7) is 4.70. The second-order valence-electron chi connectivity index (χ2n) is 5.76. The molecule has 0 aliphatic carbocycles. The number of fused-ring (bicyclic) bond motifs is 1. The van der Waals surface area contributed by atoms with Crippen LogP contribution in [-0.4, -0.2) is 21.6 Å². The number of aryl methyl sites for hydroxylation is 1. The van der Waals surface area contributed by atoms with Gasteiger partial charge in [-0.1, -0.05) is 11.6 Å². The van der Waals surface area contributed by atoms with Crippen LogP contribution in [0.3, 0.4) is 0 Å². The molecule has 1 N–H and O–H groups in total. The first-order valence-corrected chi connectivity index (χ1v) is 8.01. The van der Waals surface area contributed by atoms with Crippen LogP contribution in [0.1, 0.15) is 28.5 Å². The summed E-state index contributed by atoms with van der Waals surface area (Å²) < 4.78 is 6.81. The number of rotatable bonds is 2. The summed E-state index contributed by atoms with van der Waals surface area (Å²) in [5.74, 6) is -0.429. The minimum absolute atomic E-state index is 0.0667. The number of nitrogens with zero attached hydrogens (tertiary/aromatic N) is 1. The van der Waals surface area contributed by atoms with E-state index in [1.807, 2.05) is 0 Å². The number of esters is 1. The minimum Gasteiger partial charge on any atom is -0.508 e. The first-order chi connectivity index (χ1) is 11.8. The van der Waals surface area contributed by atoms with Crippen molar-refractivity contribution in [2.24, 2.45) is 0 Å². The Hall–Kier alpha value is -2.79. The van der Waals surface area contributed by atoms with E-state index in [0.717, 1.165) is 0 Å². The van der Waals surface area contributed by atoms with E-state index in [-0.39, 0.29) is 17.4 Å². The second-order valence-corrected chi connectivity index (χ2v) is 6.20. The molecule has 5 nitrogen and oxygen atoms in total. The van der Waals surface area contributed by atoms with Gasteiger partial charge >= 0.3 is 5.97 Å². The van der Waals surface area contributed by atoms with Gasteiger partial charge in [0, 0.05) is 28.5 Å². The third-order valence-corrected chi connectivity index (χ3v) is 4.34. The Balaban J connectivity index is 2.30. The molecule has 0 saturated carbocycles. The summed E-state index contributed by atoms with van der Waals surface area (Å²) in [5, 5.41) is 11.1. The fourth-order valence-corrected chi connectivity index (χ4v) is 3.00. The summed E-state index contributed by atoms with van der Waals surface area (Å²) in [7, 11) is 0. The highest BCUT2D eigenvalue weighted by molar-refractivity contribution is 6.30. The van der Waals surface area contributed by atoms with E-state index >= 15 is 0 Å². The number of carbonyl (C=O) groups is 2. The average molecular weight is 358 g/mol. The van der Waals surface area contributed by atoms with E-state index in [9.17, 15) is 14.7 Å². The Morgan fingerprint density at radius 2 is 1.72 bits per heavy atom. The molecule has 128 valence electrons. The quantitative estimate of drug-likeness (QED) is 0.697. The molecule has 1 aromatic heterocycles. The molecular formula is C19H16ClNO4. The van der Waals surface area contributed by atoms with Crippen LogP contribution in [0.5, 0.6) is 11.5 Å². The van der Waals surface area contributed by atoms with Crippen molar-refractivity contribution in [1.82, 2.24) is 4.57 Å². The van der Waals surface area contributed by atoms with E-state index in [1.54, 1.807) is 44.2 Å². The highest BCUT2D eigenvalue weighted by Crippen LogP contribution is 2.39. The van der Waals surface area contributed by atoms with Gasteiger partial charge in [0.1, 0.15) is 5.75 Å².